The Balaban J connectivity index is 1.11. The van der Waals surface area contributed by atoms with E-state index in [1.54, 1.807) is 24.3 Å². The van der Waals surface area contributed by atoms with Crippen LogP contribution in [0.3, 0.4) is 0 Å². The van der Waals surface area contributed by atoms with Crippen LogP contribution < -0.4 is 15.0 Å². The first kappa shape index (κ1) is 46.6. The molecular weight excluding hydrogens is 765 g/mol. The fourth-order valence-electron chi connectivity index (χ4n) is 8.28. The second kappa shape index (κ2) is 21.9. The fourth-order valence-corrected chi connectivity index (χ4v) is 8.28. The number of nitrogens with one attached hydrogen (secondary N) is 1. The molecule has 1 N–H and O–H groups in total. The maximum atomic E-state index is 12.9. The average Bonchev–Trinajstić information content (AvgIpc) is 3.58. The Labute approximate surface area is 362 Å². The number of aryl methyl sites for hydroxylation is 2. The zero-order valence-electron chi connectivity index (χ0n) is 37.5. The minimum absolute atomic E-state index is 0.00725. The molecule has 0 saturated carbocycles. The number of carbonyl (C=O) groups is 2. The van der Waals surface area contributed by atoms with Gasteiger partial charge in [-0.3, -0.25) is 9.59 Å². The molecule has 0 saturated heterocycles. The molecule has 1 amide bonds. The zero-order chi connectivity index (χ0) is 44.0. The van der Waals surface area contributed by atoms with Gasteiger partial charge in [0.2, 0.25) is 5.69 Å². The number of azide groups is 1. The standard InChI is InChI=1S/C50H64N6O5/c1-9-55-43-26-24-36(3)32-41(43)49(5,6)45(55)22-12-11-13-23-46-50(7,8)42-33-37(4)25-27-44(42)56(46)29-15-14-19-39(57)20-17-28-52-48(58)38-18-16-21-40(34-38)61-35-47(53-54-51)60-31-30-59-10-2/h11-13,16,18,21-27,32-34,47H,9-10,14-15,17,19-20,28-31,35H2,1-8H3/p+1. The summed E-state index contributed by atoms with van der Waals surface area (Å²) in [5, 5.41) is 6.53. The third-order valence-corrected chi connectivity index (χ3v) is 11.6. The van der Waals surface area contributed by atoms with E-state index in [1.807, 2.05) is 6.92 Å². The number of Topliss-reactive ketones (excluding diaryl/α,β-unsaturated/α-hetero) is 1. The van der Waals surface area contributed by atoms with E-state index >= 15 is 0 Å². The summed E-state index contributed by atoms with van der Waals surface area (Å²) in [6, 6.07) is 20.3. The van der Waals surface area contributed by atoms with Crippen molar-refractivity contribution < 1.29 is 28.4 Å². The smallest absolute Gasteiger partial charge is 0.251 e. The zero-order valence-corrected chi connectivity index (χ0v) is 37.5. The number of hydrogen-bond donors (Lipinski definition) is 1. The van der Waals surface area contributed by atoms with Crippen LogP contribution in [0.5, 0.6) is 5.75 Å². The topological polar surface area (TPSA) is 129 Å². The molecule has 3 aromatic rings. The Morgan fingerprint density at radius 3 is 2.41 bits per heavy atom. The maximum Gasteiger partial charge on any atom is 0.251 e. The Kier molecular flexibility index (Phi) is 16.7. The molecule has 2 heterocycles. The Morgan fingerprint density at radius 1 is 0.902 bits per heavy atom. The number of benzene rings is 3. The van der Waals surface area contributed by atoms with Gasteiger partial charge in [0.1, 0.15) is 24.7 Å². The summed E-state index contributed by atoms with van der Waals surface area (Å²) in [4.78, 5) is 31.0. The number of nitrogens with zero attached hydrogens (tertiary/aromatic N) is 5. The predicted molar refractivity (Wildman–Crippen MR) is 245 cm³/mol. The van der Waals surface area contributed by atoms with Gasteiger partial charge in [-0.2, -0.15) is 4.58 Å². The van der Waals surface area contributed by atoms with Crippen molar-refractivity contribution in [1.82, 2.24) is 5.32 Å². The van der Waals surface area contributed by atoms with E-state index in [9.17, 15) is 9.59 Å². The van der Waals surface area contributed by atoms with Crippen LogP contribution in [0.25, 0.3) is 10.4 Å². The number of ether oxygens (including phenoxy) is 3. The van der Waals surface area contributed by atoms with Gasteiger partial charge in [-0.1, -0.05) is 72.6 Å². The second-order valence-electron chi connectivity index (χ2n) is 16.8. The third-order valence-electron chi connectivity index (χ3n) is 11.6. The molecule has 1 atom stereocenters. The van der Waals surface area contributed by atoms with Gasteiger partial charge >= 0.3 is 0 Å². The molecule has 0 aliphatic carbocycles. The Bertz CT molecular complexity index is 2200. The number of carbonyl (C=O) groups excluding carboxylic acids is 2. The highest BCUT2D eigenvalue weighted by Crippen LogP contribution is 2.48. The molecule has 5 rings (SSSR count). The number of unbranched alkanes of at least 4 members (excludes halogenated alkanes) is 1. The van der Waals surface area contributed by atoms with Crippen LogP contribution in [0, 0.1) is 13.8 Å². The summed E-state index contributed by atoms with van der Waals surface area (Å²) in [5.74, 6) is 0.399. The largest absolute Gasteiger partial charge is 0.491 e. The molecule has 11 nitrogen and oxygen atoms in total. The van der Waals surface area contributed by atoms with E-state index in [4.69, 9.17) is 19.7 Å². The third kappa shape index (κ3) is 11.9. The minimum Gasteiger partial charge on any atom is -0.491 e. The average molecular weight is 830 g/mol. The molecule has 0 bridgehead atoms. The van der Waals surface area contributed by atoms with Crippen LogP contribution in [0.4, 0.5) is 11.4 Å². The SMILES string of the molecule is CCOCCOC(COc1cccc(C(=O)NCCCC(=O)CCCC[N+]2=C(C=CC=CC=C3N(CC)c4ccc(C)cc4C3(C)C)C(C)(C)c3cc(C)ccc32)c1)N=[N+]=[N-]. The number of hydrogen-bond acceptors (Lipinski definition) is 7. The van der Waals surface area contributed by atoms with Crippen molar-refractivity contribution >= 4 is 28.8 Å². The molecule has 0 radical (unpaired) electrons. The quantitative estimate of drug-likeness (QED) is 0.0253. The molecule has 2 aliphatic rings. The predicted octanol–water partition coefficient (Wildman–Crippen LogP) is 10.5. The van der Waals surface area contributed by atoms with Gasteiger partial charge in [0.25, 0.3) is 5.91 Å². The lowest BCUT2D eigenvalue weighted by Gasteiger charge is -2.25. The van der Waals surface area contributed by atoms with Gasteiger partial charge in [-0.05, 0) is 102 Å². The lowest BCUT2D eigenvalue weighted by Crippen LogP contribution is -2.28. The van der Waals surface area contributed by atoms with E-state index in [0.29, 0.717) is 50.3 Å². The van der Waals surface area contributed by atoms with Gasteiger partial charge in [-0.15, -0.1) is 0 Å². The van der Waals surface area contributed by atoms with Crippen LogP contribution in [0.1, 0.15) is 106 Å². The summed E-state index contributed by atoms with van der Waals surface area (Å²) >= 11 is 0. The maximum absolute atomic E-state index is 12.9. The molecule has 61 heavy (non-hydrogen) atoms. The highest BCUT2D eigenvalue weighted by Gasteiger charge is 2.44. The van der Waals surface area contributed by atoms with Crippen LogP contribution in [0.2, 0.25) is 0 Å². The number of ketones is 1. The number of rotatable bonds is 23. The number of fused-ring (bicyclic) bond motifs is 2. The first-order valence-electron chi connectivity index (χ1n) is 21.8. The first-order chi connectivity index (χ1) is 29.3. The molecule has 2 aliphatic heterocycles. The molecule has 3 aromatic carbocycles. The van der Waals surface area contributed by atoms with E-state index < -0.39 is 6.23 Å². The van der Waals surface area contributed by atoms with Crippen LogP contribution in [-0.4, -0.2) is 74.3 Å². The summed E-state index contributed by atoms with van der Waals surface area (Å²) in [6.07, 6.45) is 13.3. The minimum atomic E-state index is -0.824. The van der Waals surface area contributed by atoms with Crippen molar-refractivity contribution in [3.05, 3.63) is 135 Å². The van der Waals surface area contributed by atoms with Crippen molar-refractivity contribution in [3.8, 4) is 5.75 Å². The lowest BCUT2D eigenvalue weighted by atomic mass is 9.81. The molecule has 0 fully saturated rings. The normalized spacial score (nSPS) is 16.3. The molecule has 1 unspecified atom stereocenters. The highest BCUT2D eigenvalue weighted by molar-refractivity contribution is 6.03. The van der Waals surface area contributed by atoms with Crippen LogP contribution in [0.15, 0.2) is 102 Å². The van der Waals surface area contributed by atoms with E-state index in [-0.39, 0.29) is 35.7 Å². The van der Waals surface area contributed by atoms with Gasteiger partial charge in [-0.25, -0.2) is 0 Å². The Morgan fingerprint density at radius 2 is 1.66 bits per heavy atom. The summed E-state index contributed by atoms with van der Waals surface area (Å²) < 4.78 is 18.9. The van der Waals surface area contributed by atoms with E-state index in [2.05, 4.69) is 140 Å². The summed E-state index contributed by atoms with van der Waals surface area (Å²) in [5.41, 5.74) is 19.4. The van der Waals surface area contributed by atoms with Gasteiger partial charge < -0.3 is 24.4 Å². The molecule has 324 valence electrons. The molecule has 0 aromatic heterocycles. The second-order valence-corrected chi connectivity index (χ2v) is 16.8. The number of allylic oxidation sites excluding steroid dienone is 6. The summed E-state index contributed by atoms with van der Waals surface area (Å²) in [7, 11) is 0. The van der Waals surface area contributed by atoms with E-state index in [0.717, 1.165) is 25.9 Å². The van der Waals surface area contributed by atoms with Crippen molar-refractivity contribution in [3.63, 3.8) is 0 Å². The fraction of sp³-hybridized carbons (Fsp3) is 0.460. The molecule has 0 spiro atoms. The number of amides is 1. The number of anilines is 1. The van der Waals surface area contributed by atoms with Gasteiger partial charge in [0.15, 0.2) is 11.9 Å². The molecule has 11 heteroatoms. The first-order valence-corrected chi connectivity index (χ1v) is 21.8. The molecular formula is C50H65N6O5+. The lowest BCUT2D eigenvalue weighted by molar-refractivity contribution is -0.438. The highest BCUT2D eigenvalue weighted by atomic mass is 16.6. The van der Waals surface area contributed by atoms with Crippen molar-refractivity contribution in [1.29, 1.82) is 0 Å². The van der Waals surface area contributed by atoms with Crippen molar-refractivity contribution in [2.24, 2.45) is 5.11 Å². The van der Waals surface area contributed by atoms with Gasteiger partial charge in [0, 0.05) is 83.9 Å². The van der Waals surface area contributed by atoms with Crippen LogP contribution >= 0.6 is 0 Å². The van der Waals surface area contributed by atoms with E-state index in [1.165, 1.54) is 45.0 Å². The van der Waals surface area contributed by atoms with Gasteiger partial charge in [0.05, 0.1) is 18.6 Å². The monoisotopic (exact) mass is 830 g/mol. The number of likely N-dealkylation sites (N-methyl/N-ethyl adjacent to an activating group) is 1. The Hall–Kier alpha value is -5.48. The van der Waals surface area contributed by atoms with Crippen LogP contribution in [-0.2, 0) is 25.1 Å². The van der Waals surface area contributed by atoms with Crippen molar-refractivity contribution in [2.45, 2.75) is 105 Å². The van der Waals surface area contributed by atoms with Crippen molar-refractivity contribution in [2.75, 3.05) is 51.0 Å². The summed E-state index contributed by atoms with van der Waals surface area (Å²) in [6.45, 7) is 21.0.